The van der Waals surface area contributed by atoms with E-state index in [9.17, 15) is 4.39 Å². The maximum absolute atomic E-state index is 13.8. The Labute approximate surface area is 203 Å². The van der Waals surface area contributed by atoms with E-state index in [-0.39, 0.29) is 6.04 Å². The van der Waals surface area contributed by atoms with Crippen LogP contribution in [0.3, 0.4) is 0 Å². The van der Waals surface area contributed by atoms with Crippen molar-refractivity contribution in [3.05, 3.63) is 41.5 Å². The average Bonchev–Trinajstić information content (AvgIpc) is 3.63. The number of alkyl halides is 1. The normalized spacial score (nSPS) is 22.9. The van der Waals surface area contributed by atoms with Gasteiger partial charge in [0.05, 0.1) is 22.6 Å². The lowest BCUT2D eigenvalue weighted by atomic mass is 10.1. The van der Waals surface area contributed by atoms with Gasteiger partial charge in [0.1, 0.15) is 17.6 Å². The molecule has 1 saturated carbocycles. The first kappa shape index (κ1) is 22.2. The van der Waals surface area contributed by atoms with E-state index in [4.69, 9.17) is 14.5 Å². The summed E-state index contributed by atoms with van der Waals surface area (Å²) >= 11 is 0. The van der Waals surface area contributed by atoms with Gasteiger partial charge in [-0.25, -0.2) is 19.3 Å². The Kier molecular flexibility index (Phi) is 5.51. The standard InChI is InChI=1S/C26H30FN7O/c1-14-11-29-26(31-20-5-4-6-22(20)34-10-9-17(27)13-34)32-24(14)19-12-28-25-18(19)7-8-21(30-25)23-15(2)33-35-16(23)3/h7-8,11-12,17,20,22H,4-6,9-10,13H2,1-3H3,(H,28,30)(H,29,31,32)/t17-,20-,22-/m0/s1. The number of anilines is 1. The molecule has 0 aromatic carbocycles. The molecule has 0 bridgehead atoms. The maximum Gasteiger partial charge on any atom is 0.223 e. The van der Waals surface area contributed by atoms with Crippen molar-refractivity contribution in [2.24, 2.45) is 0 Å². The van der Waals surface area contributed by atoms with Crippen molar-refractivity contribution in [2.45, 2.75) is 64.7 Å². The summed E-state index contributed by atoms with van der Waals surface area (Å²) in [5, 5.41) is 8.62. The predicted octanol–water partition coefficient (Wildman–Crippen LogP) is 4.98. The highest BCUT2D eigenvalue weighted by atomic mass is 19.1. The van der Waals surface area contributed by atoms with E-state index in [0.29, 0.717) is 25.0 Å². The van der Waals surface area contributed by atoms with Crippen LogP contribution in [0.5, 0.6) is 0 Å². The molecule has 6 rings (SSSR count). The molecule has 35 heavy (non-hydrogen) atoms. The lowest BCUT2D eigenvalue weighted by molar-refractivity contribution is 0.214. The number of aromatic amines is 1. The summed E-state index contributed by atoms with van der Waals surface area (Å²) in [7, 11) is 0. The number of hydrogen-bond donors (Lipinski definition) is 2. The van der Waals surface area contributed by atoms with Crippen LogP contribution < -0.4 is 5.32 Å². The van der Waals surface area contributed by atoms with Gasteiger partial charge in [0.25, 0.3) is 0 Å². The van der Waals surface area contributed by atoms with E-state index in [1.807, 2.05) is 39.2 Å². The van der Waals surface area contributed by atoms with E-state index in [0.717, 1.165) is 76.4 Å². The topological polar surface area (TPSA) is 95.8 Å². The maximum atomic E-state index is 13.8. The summed E-state index contributed by atoms with van der Waals surface area (Å²) in [6.45, 7) is 7.22. The lowest BCUT2D eigenvalue weighted by Crippen LogP contribution is -2.43. The Balaban J connectivity index is 1.29. The van der Waals surface area contributed by atoms with Gasteiger partial charge in [0.2, 0.25) is 5.95 Å². The van der Waals surface area contributed by atoms with E-state index in [2.05, 4.69) is 31.4 Å². The van der Waals surface area contributed by atoms with Gasteiger partial charge in [-0.3, -0.25) is 4.90 Å². The summed E-state index contributed by atoms with van der Waals surface area (Å²) in [5.74, 6) is 1.37. The number of rotatable bonds is 5. The second-order valence-corrected chi connectivity index (χ2v) is 9.85. The van der Waals surface area contributed by atoms with E-state index >= 15 is 0 Å². The predicted molar refractivity (Wildman–Crippen MR) is 133 cm³/mol. The van der Waals surface area contributed by atoms with E-state index in [1.165, 1.54) is 0 Å². The zero-order valence-electron chi connectivity index (χ0n) is 20.3. The molecule has 0 unspecified atom stereocenters. The van der Waals surface area contributed by atoms with Crippen LogP contribution in [0.15, 0.2) is 29.0 Å². The third-order valence-corrected chi connectivity index (χ3v) is 7.48. The molecular formula is C26H30FN7O. The Bertz CT molecular complexity index is 1360. The summed E-state index contributed by atoms with van der Waals surface area (Å²) in [6.07, 6.45) is 7.03. The van der Waals surface area contributed by atoms with Gasteiger partial charge in [-0.2, -0.15) is 0 Å². The fourth-order valence-corrected chi connectivity index (χ4v) is 5.73. The monoisotopic (exact) mass is 475 g/mol. The van der Waals surface area contributed by atoms with Gasteiger partial charge in [0, 0.05) is 48.5 Å². The minimum Gasteiger partial charge on any atom is -0.361 e. The van der Waals surface area contributed by atoms with Crippen molar-refractivity contribution in [2.75, 3.05) is 18.4 Å². The third kappa shape index (κ3) is 3.97. The van der Waals surface area contributed by atoms with Crippen LogP contribution in [0.4, 0.5) is 10.3 Å². The Morgan fingerprint density at radius 1 is 1.14 bits per heavy atom. The van der Waals surface area contributed by atoms with Gasteiger partial charge in [-0.05, 0) is 64.2 Å². The molecule has 2 aliphatic rings. The second-order valence-electron chi connectivity index (χ2n) is 9.85. The van der Waals surface area contributed by atoms with Gasteiger partial charge in [0.15, 0.2) is 0 Å². The molecule has 0 radical (unpaired) electrons. The molecule has 1 saturated heterocycles. The van der Waals surface area contributed by atoms with Gasteiger partial charge >= 0.3 is 0 Å². The third-order valence-electron chi connectivity index (χ3n) is 7.48. The number of H-pyrrole nitrogens is 1. The van der Waals surface area contributed by atoms with E-state index in [1.54, 1.807) is 0 Å². The van der Waals surface area contributed by atoms with Crippen molar-refractivity contribution in [3.63, 3.8) is 0 Å². The average molecular weight is 476 g/mol. The highest BCUT2D eigenvalue weighted by molar-refractivity contribution is 5.94. The number of aromatic nitrogens is 5. The van der Waals surface area contributed by atoms with Crippen molar-refractivity contribution >= 4 is 17.0 Å². The molecule has 1 aliphatic heterocycles. The Morgan fingerprint density at radius 3 is 2.80 bits per heavy atom. The van der Waals surface area contributed by atoms with Crippen LogP contribution >= 0.6 is 0 Å². The van der Waals surface area contributed by atoms with E-state index < -0.39 is 6.17 Å². The molecule has 4 aromatic heterocycles. The van der Waals surface area contributed by atoms with Gasteiger partial charge < -0.3 is 14.8 Å². The van der Waals surface area contributed by atoms with Crippen LogP contribution in [-0.2, 0) is 0 Å². The van der Waals surface area contributed by atoms with Crippen LogP contribution in [0.1, 0.15) is 42.7 Å². The number of aryl methyl sites for hydroxylation is 3. The fourth-order valence-electron chi connectivity index (χ4n) is 5.73. The Hall–Kier alpha value is -3.33. The smallest absolute Gasteiger partial charge is 0.223 e. The van der Waals surface area contributed by atoms with Crippen molar-refractivity contribution < 1.29 is 8.91 Å². The van der Waals surface area contributed by atoms with Gasteiger partial charge in [-0.1, -0.05) is 5.16 Å². The number of fused-ring (bicyclic) bond motifs is 1. The number of likely N-dealkylation sites (tertiary alicyclic amines) is 1. The quantitative estimate of drug-likeness (QED) is 0.420. The lowest BCUT2D eigenvalue weighted by Gasteiger charge is -2.29. The summed E-state index contributed by atoms with van der Waals surface area (Å²) < 4.78 is 19.1. The number of hydrogen-bond acceptors (Lipinski definition) is 7. The molecule has 5 heterocycles. The molecule has 3 atom stereocenters. The molecule has 2 fully saturated rings. The molecule has 2 N–H and O–H groups in total. The first-order valence-electron chi connectivity index (χ1n) is 12.4. The van der Waals surface area contributed by atoms with Crippen molar-refractivity contribution in [1.29, 1.82) is 0 Å². The van der Waals surface area contributed by atoms with Crippen molar-refractivity contribution in [1.82, 2.24) is 30.0 Å². The van der Waals surface area contributed by atoms with Gasteiger partial charge in [-0.15, -0.1) is 0 Å². The highest BCUT2D eigenvalue weighted by Gasteiger charge is 2.36. The van der Waals surface area contributed by atoms with Crippen LogP contribution in [0, 0.1) is 20.8 Å². The van der Waals surface area contributed by atoms with Crippen LogP contribution in [0.2, 0.25) is 0 Å². The minimum absolute atomic E-state index is 0.234. The summed E-state index contributed by atoms with van der Waals surface area (Å²) in [4.78, 5) is 19.9. The first-order valence-corrected chi connectivity index (χ1v) is 12.4. The minimum atomic E-state index is -0.702. The fraction of sp³-hybridized carbons (Fsp3) is 0.462. The molecule has 9 heteroatoms. The number of nitrogens with one attached hydrogen (secondary N) is 2. The first-order chi connectivity index (χ1) is 17.0. The summed E-state index contributed by atoms with van der Waals surface area (Å²) in [5.41, 5.74) is 6.22. The second kappa shape index (κ2) is 8.71. The molecule has 0 spiro atoms. The Morgan fingerprint density at radius 2 is 2.03 bits per heavy atom. The highest BCUT2D eigenvalue weighted by Crippen LogP contribution is 2.34. The zero-order valence-corrected chi connectivity index (χ0v) is 20.3. The van der Waals surface area contributed by atoms with Crippen LogP contribution in [0.25, 0.3) is 33.5 Å². The largest absolute Gasteiger partial charge is 0.361 e. The number of pyridine rings is 1. The molecule has 8 nitrogen and oxygen atoms in total. The number of nitrogens with zero attached hydrogens (tertiary/aromatic N) is 5. The van der Waals surface area contributed by atoms with Crippen molar-refractivity contribution in [3.8, 4) is 22.5 Å². The molecule has 4 aromatic rings. The number of halogens is 1. The molecule has 1 aliphatic carbocycles. The molecular weight excluding hydrogens is 445 g/mol. The SMILES string of the molecule is Cc1cnc(N[C@H]2CCC[C@@H]2N2CC[C@H](F)C2)nc1-c1c[nH]c2nc(-c3c(C)noc3C)ccc12. The molecule has 182 valence electrons. The molecule has 0 amide bonds. The summed E-state index contributed by atoms with van der Waals surface area (Å²) in [6, 6.07) is 4.64. The van der Waals surface area contributed by atoms with Crippen LogP contribution in [-0.4, -0.2) is 61.3 Å². The zero-order chi connectivity index (χ0) is 24.1.